The summed E-state index contributed by atoms with van der Waals surface area (Å²) in [6.07, 6.45) is 14.8. The third-order valence-electron chi connectivity index (χ3n) is 7.26. The van der Waals surface area contributed by atoms with Crippen LogP contribution in [0.5, 0.6) is 0 Å². The zero-order valence-corrected chi connectivity index (χ0v) is 22.5. The predicted octanol–water partition coefficient (Wildman–Crippen LogP) is 8.79. The van der Waals surface area contributed by atoms with Crippen LogP contribution in [0.3, 0.4) is 0 Å². The molecular weight excluding hydrogens is 566 g/mol. The van der Waals surface area contributed by atoms with Crippen LogP contribution in [0.25, 0.3) is 0 Å². The number of hydrogen-bond acceptors (Lipinski definition) is 0. The van der Waals surface area contributed by atoms with E-state index >= 15 is 0 Å². The van der Waals surface area contributed by atoms with E-state index in [-0.39, 0.29) is 21.7 Å². The molecule has 0 bridgehead atoms. The van der Waals surface area contributed by atoms with Gasteiger partial charge in [-0.25, -0.2) is 0 Å². The smallest absolute Gasteiger partial charge is 0.0320 e. The molecule has 0 radical (unpaired) electrons. The van der Waals surface area contributed by atoms with Gasteiger partial charge in [-0.05, 0) is 102 Å². The Morgan fingerprint density at radius 1 is 0.643 bits per heavy atom. The van der Waals surface area contributed by atoms with Crippen LogP contribution < -0.4 is 0 Å². The molecule has 0 heterocycles. The average molecular weight is 596 g/mol. The van der Waals surface area contributed by atoms with Crippen molar-refractivity contribution in [1.29, 1.82) is 0 Å². The number of hydrogen-bond donors (Lipinski definition) is 0. The SMILES string of the molecule is CC(C)(C)C1=CC2=CC(I)=C3C=C(C(C)(C)C)C=C4C=C(I)C(=C1)[C@@]2(C)[C@]43C. The quantitative estimate of drug-likeness (QED) is 0.246. The molecule has 0 aromatic rings. The van der Waals surface area contributed by atoms with Gasteiger partial charge in [0.25, 0.3) is 0 Å². The minimum Gasteiger partial charge on any atom is -0.0561 e. The maximum Gasteiger partial charge on any atom is 0.0320 e. The molecule has 0 aromatic carbocycles. The second kappa shape index (κ2) is 6.09. The lowest BCUT2D eigenvalue weighted by Crippen LogP contribution is -2.49. The summed E-state index contributed by atoms with van der Waals surface area (Å²) in [5.41, 5.74) is 9.00. The zero-order chi connectivity index (χ0) is 20.9. The van der Waals surface area contributed by atoms with Gasteiger partial charge in [-0.15, -0.1) is 0 Å². The Hall–Kier alpha value is -0.360. The summed E-state index contributed by atoms with van der Waals surface area (Å²) >= 11 is 5.14. The van der Waals surface area contributed by atoms with Crippen LogP contribution in [-0.2, 0) is 0 Å². The molecule has 28 heavy (non-hydrogen) atoms. The monoisotopic (exact) mass is 596 g/mol. The van der Waals surface area contributed by atoms with Crippen LogP contribution in [0.15, 0.2) is 77.1 Å². The molecular formula is C26H30I2. The highest BCUT2D eigenvalue weighted by molar-refractivity contribution is 14.1. The lowest BCUT2D eigenvalue weighted by molar-refractivity contribution is 0.244. The summed E-state index contributed by atoms with van der Waals surface area (Å²) in [6.45, 7) is 18.9. The molecule has 0 saturated carbocycles. The maximum atomic E-state index is 2.57. The van der Waals surface area contributed by atoms with Crippen molar-refractivity contribution in [1.82, 2.24) is 0 Å². The number of rotatable bonds is 0. The summed E-state index contributed by atoms with van der Waals surface area (Å²) in [5.74, 6) is 0. The van der Waals surface area contributed by atoms with Crippen LogP contribution in [0, 0.1) is 21.7 Å². The van der Waals surface area contributed by atoms with E-state index in [2.05, 4.69) is 137 Å². The molecule has 0 saturated heterocycles. The fourth-order valence-electron chi connectivity index (χ4n) is 5.02. The topological polar surface area (TPSA) is 0 Å². The molecule has 148 valence electrons. The van der Waals surface area contributed by atoms with Crippen molar-refractivity contribution in [2.75, 3.05) is 0 Å². The molecule has 2 heteroatoms. The van der Waals surface area contributed by atoms with Gasteiger partial charge in [-0.2, -0.15) is 0 Å². The van der Waals surface area contributed by atoms with Crippen molar-refractivity contribution in [3.05, 3.63) is 77.1 Å². The Morgan fingerprint density at radius 3 is 1.75 bits per heavy atom. The first-order valence-electron chi connectivity index (χ1n) is 10.1. The maximum absolute atomic E-state index is 2.57. The summed E-state index contributed by atoms with van der Waals surface area (Å²) < 4.78 is 2.77. The van der Waals surface area contributed by atoms with Crippen LogP contribution in [0.1, 0.15) is 55.4 Å². The van der Waals surface area contributed by atoms with Crippen molar-refractivity contribution in [2.24, 2.45) is 21.7 Å². The van der Waals surface area contributed by atoms with E-state index in [0.29, 0.717) is 0 Å². The van der Waals surface area contributed by atoms with Crippen molar-refractivity contribution in [3.63, 3.8) is 0 Å². The predicted molar refractivity (Wildman–Crippen MR) is 139 cm³/mol. The standard InChI is InChI=1S/C26H30I2/c1-23(2,3)15-9-17-13-22(28)20-12-16(24(4,5)6)10-18-14-21(27)19(11-15)25(17,7)26(18,20)8/h9-14H,1-8H3/t25-,26+. The molecule has 4 aliphatic carbocycles. The van der Waals surface area contributed by atoms with Gasteiger partial charge in [-0.1, -0.05) is 79.7 Å². The van der Waals surface area contributed by atoms with Gasteiger partial charge < -0.3 is 0 Å². The lowest BCUT2D eigenvalue weighted by Gasteiger charge is -2.58. The van der Waals surface area contributed by atoms with Crippen molar-refractivity contribution in [3.8, 4) is 0 Å². The fourth-order valence-corrected chi connectivity index (χ4v) is 7.08. The third-order valence-corrected chi connectivity index (χ3v) is 9.05. The number of halogens is 2. The van der Waals surface area contributed by atoms with Gasteiger partial charge in [0.2, 0.25) is 0 Å². The normalized spacial score (nSPS) is 31.9. The van der Waals surface area contributed by atoms with Gasteiger partial charge >= 0.3 is 0 Å². The largest absolute Gasteiger partial charge is 0.0561 e. The summed E-state index contributed by atoms with van der Waals surface area (Å²) in [7, 11) is 0. The van der Waals surface area contributed by atoms with E-state index in [9.17, 15) is 0 Å². The molecule has 0 N–H and O–H groups in total. The Labute approximate surface area is 198 Å². The van der Waals surface area contributed by atoms with Gasteiger partial charge in [0.05, 0.1) is 0 Å². The van der Waals surface area contributed by atoms with E-state index in [1.54, 1.807) is 0 Å². The molecule has 0 fully saturated rings. The lowest BCUT2D eigenvalue weighted by atomic mass is 9.45. The van der Waals surface area contributed by atoms with E-state index in [0.717, 1.165) is 0 Å². The molecule has 2 atom stereocenters. The van der Waals surface area contributed by atoms with Crippen LogP contribution in [-0.4, -0.2) is 0 Å². The molecule has 0 aromatic heterocycles. The third kappa shape index (κ3) is 2.65. The molecule has 0 amide bonds. The molecule has 0 spiro atoms. The van der Waals surface area contributed by atoms with Gasteiger partial charge in [0, 0.05) is 18.0 Å². The zero-order valence-electron chi connectivity index (χ0n) is 18.2. The van der Waals surface area contributed by atoms with Gasteiger partial charge in [0.15, 0.2) is 0 Å². The van der Waals surface area contributed by atoms with E-state index in [4.69, 9.17) is 0 Å². The van der Waals surface area contributed by atoms with Crippen LogP contribution in [0.2, 0.25) is 0 Å². The molecule has 4 aliphatic rings. The first kappa shape index (κ1) is 20.9. The van der Waals surface area contributed by atoms with Crippen molar-refractivity contribution < 1.29 is 0 Å². The first-order valence-corrected chi connectivity index (χ1v) is 12.2. The van der Waals surface area contributed by atoms with Crippen molar-refractivity contribution in [2.45, 2.75) is 55.4 Å². The van der Waals surface area contributed by atoms with Crippen LogP contribution in [0.4, 0.5) is 0 Å². The summed E-state index contributed by atoms with van der Waals surface area (Å²) in [5, 5.41) is 0. The Bertz CT molecular complexity index is 1010. The molecule has 0 unspecified atom stereocenters. The summed E-state index contributed by atoms with van der Waals surface area (Å²) in [6, 6.07) is 0. The summed E-state index contributed by atoms with van der Waals surface area (Å²) in [4.78, 5) is 0. The fraction of sp³-hybridized carbons (Fsp3) is 0.462. The highest BCUT2D eigenvalue weighted by Crippen LogP contribution is 2.69. The van der Waals surface area contributed by atoms with E-state index in [1.165, 1.54) is 40.6 Å². The molecule has 0 aliphatic heterocycles. The highest BCUT2D eigenvalue weighted by atomic mass is 127. The molecule has 4 rings (SSSR count). The Balaban J connectivity index is 2.10. The van der Waals surface area contributed by atoms with Gasteiger partial charge in [-0.3, -0.25) is 0 Å². The first-order chi connectivity index (χ1) is 12.7. The molecule has 0 nitrogen and oxygen atoms in total. The Kier molecular flexibility index (Phi) is 4.54. The van der Waals surface area contributed by atoms with E-state index < -0.39 is 0 Å². The highest BCUT2D eigenvalue weighted by Gasteiger charge is 2.59. The van der Waals surface area contributed by atoms with Gasteiger partial charge in [0.1, 0.15) is 0 Å². The van der Waals surface area contributed by atoms with E-state index in [1.807, 2.05) is 0 Å². The minimum absolute atomic E-state index is 0.0250. The Morgan fingerprint density at radius 2 is 1.18 bits per heavy atom. The van der Waals surface area contributed by atoms with Crippen LogP contribution >= 0.6 is 45.2 Å². The van der Waals surface area contributed by atoms with Crippen molar-refractivity contribution >= 4 is 45.2 Å². The second-order valence-corrected chi connectivity index (χ2v) is 13.3. The second-order valence-electron chi connectivity index (χ2n) is 11.0. The minimum atomic E-state index is -0.0250. The average Bonchev–Trinajstić information content (AvgIpc) is 2.54. The number of allylic oxidation sites excluding steroid dienone is 14.